The number of hydrogen-bond acceptors (Lipinski definition) is 6. The summed E-state index contributed by atoms with van der Waals surface area (Å²) >= 11 is 1.49. The molecule has 112 valence electrons. The Kier molecular flexibility index (Phi) is 4.80. The summed E-state index contributed by atoms with van der Waals surface area (Å²) in [5.74, 6) is 0.431. The number of ether oxygens (including phenoxy) is 1. The molecule has 1 aromatic rings. The first kappa shape index (κ1) is 15.0. The van der Waals surface area contributed by atoms with Crippen LogP contribution in [-0.2, 0) is 4.74 Å². The van der Waals surface area contributed by atoms with E-state index in [0.29, 0.717) is 5.92 Å². The molecule has 1 atom stereocenters. The summed E-state index contributed by atoms with van der Waals surface area (Å²) in [5, 5.41) is 11.8. The molecule has 1 unspecified atom stereocenters. The zero-order chi connectivity index (χ0) is 14.6. The molecule has 1 saturated heterocycles. The van der Waals surface area contributed by atoms with Gasteiger partial charge in [-0.25, -0.2) is 4.79 Å². The molecule has 1 N–H and O–H groups in total. The van der Waals surface area contributed by atoms with E-state index >= 15 is 0 Å². The van der Waals surface area contributed by atoms with Crippen molar-refractivity contribution in [2.45, 2.75) is 39.2 Å². The molecule has 1 aliphatic rings. The maximum absolute atomic E-state index is 12.1. The number of hydrogen-bond donors (Lipinski definition) is 1. The van der Waals surface area contributed by atoms with Crippen molar-refractivity contribution in [3.63, 3.8) is 0 Å². The Morgan fingerprint density at radius 2 is 2.40 bits per heavy atom. The first-order valence-corrected chi connectivity index (χ1v) is 7.80. The molecule has 0 bridgehead atoms. The Hall–Kier alpha value is -1.37. The predicted octanol–water partition coefficient (Wildman–Crippen LogP) is 2.60. The molecule has 0 radical (unpaired) electrons. The summed E-state index contributed by atoms with van der Waals surface area (Å²) in [7, 11) is 0. The number of aromatic nitrogens is 2. The van der Waals surface area contributed by atoms with Crippen LogP contribution in [-0.4, -0.2) is 46.4 Å². The molecular weight excluding hydrogens is 276 g/mol. The number of nitrogens with zero attached hydrogens (tertiary/aromatic N) is 3. The summed E-state index contributed by atoms with van der Waals surface area (Å²) in [6, 6.07) is 0. The Labute approximate surface area is 123 Å². The Balaban J connectivity index is 1.80. The van der Waals surface area contributed by atoms with Gasteiger partial charge >= 0.3 is 6.09 Å². The standard InChI is InChI=1S/C13H22N4O2S/c1-13(2,3)19-12(18)17-6-4-5-10(8-17)7-14-11-16-15-9-20-11/h9-10H,4-8H2,1-3H3,(H,14,16). The largest absolute Gasteiger partial charge is 0.444 e. The van der Waals surface area contributed by atoms with E-state index in [0.717, 1.165) is 37.6 Å². The summed E-state index contributed by atoms with van der Waals surface area (Å²) < 4.78 is 5.42. The van der Waals surface area contributed by atoms with E-state index in [4.69, 9.17) is 4.74 Å². The van der Waals surface area contributed by atoms with Gasteiger partial charge in [0.15, 0.2) is 0 Å². The van der Waals surface area contributed by atoms with Gasteiger partial charge in [-0.1, -0.05) is 11.3 Å². The molecule has 0 aliphatic carbocycles. The van der Waals surface area contributed by atoms with Crippen LogP contribution >= 0.6 is 11.3 Å². The van der Waals surface area contributed by atoms with E-state index in [1.807, 2.05) is 20.8 Å². The van der Waals surface area contributed by atoms with Crippen LogP contribution in [0.3, 0.4) is 0 Å². The molecule has 1 fully saturated rings. The lowest BCUT2D eigenvalue weighted by Crippen LogP contribution is -2.44. The van der Waals surface area contributed by atoms with E-state index < -0.39 is 5.60 Å². The topological polar surface area (TPSA) is 67.3 Å². The van der Waals surface area contributed by atoms with E-state index in [1.165, 1.54) is 11.3 Å². The second kappa shape index (κ2) is 6.39. The Bertz CT molecular complexity index is 430. The van der Waals surface area contributed by atoms with E-state index in [1.54, 1.807) is 10.4 Å². The van der Waals surface area contributed by atoms with Crippen molar-refractivity contribution in [3.05, 3.63) is 5.51 Å². The molecule has 0 saturated carbocycles. The quantitative estimate of drug-likeness (QED) is 0.929. The van der Waals surface area contributed by atoms with Crippen LogP contribution in [0.15, 0.2) is 5.51 Å². The van der Waals surface area contributed by atoms with Gasteiger partial charge in [-0.2, -0.15) is 0 Å². The summed E-state index contributed by atoms with van der Waals surface area (Å²) in [6.07, 6.45) is 1.92. The molecule has 2 heterocycles. The second-order valence-electron chi connectivity index (χ2n) is 6.06. The minimum absolute atomic E-state index is 0.210. The van der Waals surface area contributed by atoms with E-state index in [-0.39, 0.29) is 6.09 Å². The highest BCUT2D eigenvalue weighted by molar-refractivity contribution is 7.13. The maximum Gasteiger partial charge on any atom is 0.410 e. The molecule has 0 spiro atoms. The normalized spacial score (nSPS) is 19.8. The fraction of sp³-hybridized carbons (Fsp3) is 0.769. The highest BCUT2D eigenvalue weighted by Crippen LogP contribution is 2.20. The van der Waals surface area contributed by atoms with Gasteiger partial charge in [-0.05, 0) is 39.5 Å². The van der Waals surface area contributed by atoms with Gasteiger partial charge in [0, 0.05) is 19.6 Å². The molecule has 1 amide bonds. The zero-order valence-corrected chi connectivity index (χ0v) is 13.1. The summed E-state index contributed by atoms with van der Waals surface area (Å²) in [4.78, 5) is 13.9. The Morgan fingerprint density at radius 1 is 1.60 bits per heavy atom. The van der Waals surface area contributed by atoms with Gasteiger partial charge in [-0.15, -0.1) is 10.2 Å². The first-order valence-electron chi connectivity index (χ1n) is 6.92. The van der Waals surface area contributed by atoms with Crippen LogP contribution in [0.5, 0.6) is 0 Å². The minimum atomic E-state index is -0.436. The SMILES string of the molecule is CC(C)(C)OC(=O)N1CCCC(CNc2nncs2)C1. The summed E-state index contributed by atoms with van der Waals surface area (Å²) in [6.45, 7) is 8.01. The molecule has 1 aliphatic heterocycles. The van der Waals surface area contributed by atoms with E-state index in [2.05, 4.69) is 15.5 Å². The number of amides is 1. The van der Waals surface area contributed by atoms with Crippen LogP contribution in [0, 0.1) is 5.92 Å². The van der Waals surface area contributed by atoms with Crippen molar-refractivity contribution < 1.29 is 9.53 Å². The average Bonchev–Trinajstić information content (AvgIpc) is 2.88. The van der Waals surface area contributed by atoms with Crippen molar-refractivity contribution in [3.8, 4) is 0 Å². The van der Waals surface area contributed by atoms with Crippen molar-refractivity contribution in [2.24, 2.45) is 5.92 Å². The second-order valence-corrected chi connectivity index (χ2v) is 6.89. The van der Waals surface area contributed by atoms with Crippen LogP contribution in [0.1, 0.15) is 33.6 Å². The number of likely N-dealkylation sites (tertiary alicyclic amines) is 1. The monoisotopic (exact) mass is 298 g/mol. The van der Waals surface area contributed by atoms with Gasteiger partial charge < -0.3 is 15.0 Å². The average molecular weight is 298 g/mol. The molecule has 0 aromatic carbocycles. The van der Waals surface area contributed by atoms with Crippen molar-refractivity contribution in [1.82, 2.24) is 15.1 Å². The van der Waals surface area contributed by atoms with Crippen molar-refractivity contribution in [1.29, 1.82) is 0 Å². The highest BCUT2D eigenvalue weighted by Gasteiger charge is 2.27. The van der Waals surface area contributed by atoms with Crippen LogP contribution in [0.25, 0.3) is 0 Å². The summed E-state index contributed by atoms with van der Waals surface area (Å²) in [5.41, 5.74) is 1.27. The molecule has 1 aromatic heterocycles. The van der Waals surface area contributed by atoms with Gasteiger partial charge in [-0.3, -0.25) is 0 Å². The van der Waals surface area contributed by atoms with E-state index in [9.17, 15) is 4.79 Å². The number of piperidine rings is 1. The Morgan fingerprint density at radius 3 is 3.05 bits per heavy atom. The fourth-order valence-electron chi connectivity index (χ4n) is 2.21. The molecule has 7 heteroatoms. The lowest BCUT2D eigenvalue weighted by atomic mass is 9.98. The fourth-order valence-corrected chi connectivity index (χ4v) is 2.66. The number of anilines is 1. The number of nitrogens with one attached hydrogen (secondary N) is 1. The van der Waals surface area contributed by atoms with Crippen molar-refractivity contribution in [2.75, 3.05) is 25.0 Å². The van der Waals surface area contributed by atoms with Crippen LogP contribution in [0.2, 0.25) is 0 Å². The number of carbonyl (C=O) groups is 1. The molecular formula is C13H22N4O2S. The third kappa shape index (κ3) is 4.63. The highest BCUT2D eigenvalue weighted by atomic mass is 32.1. The first-order chi connectivity index (χ1) is 9.44. The van der Waals surface area contributed by atoms with Gasteiger partial charge in [0.05, 0.1) is 0 Å². The van der Waals surface area contributed by atoms with Crippen molar-refractivity contribution >= 4 is 22.6 Å². The third-order valence-corrected chi connectivity index (χ3v) is 3.72. The lowest BCUT2D eigenvalue weighted by molar-refractivity contribution is 0.0172. The number of carbonyl (C=O) groups excluding carboxylic acids is 1. The smallest absolute Gasteiger partial charge is 0.410 e. The molecule has 6 nitrogen and oxygen atoms in total. The van der Waals surface area contributed by atoms with Crippen LogP contribution < -0.4 is 5.32 Å². The van der Waals surface area contributed by atoms with Gasteiger partial charge in [0.25, 0.3) is 0 Å². The minimum Gasteiger partial charge on any atom is -0.444 e. The molecule has 2 rings (SSSR count). The lowest BCUT2D eigenvalue weighted by Gasteiger charge is -2.34. The number of rotatable bonds is 3. The van der Waals surface area contributed by atoms with Crippen LogP contribution in [0.4, 0.5) is 9.93 Å². The third-order valence-electron chi connectivity index (χ3n) is 3.07. The predicted molar refractivity (Wildman–Crippen MR) is 78.9 cm³/mol. The molecule has 20 heavy (non-hydrogen) atoms. The van der Waals surface area contributed by atoms with Gasteiger partial charge in [0.1, 0.15) is 11.1 Å². The maximum atomic E-state index is 12.1. The van der Waals surface area contributed by atoms with Gasteiger partial charge in [0.2, 0.25) is 5.13 Å². The zero-order valence-electron chi connectivity index (χ0n) is 12.3.